The van der Waals surface area contributed by atoms with Crippen molar-refractivity contribution in [3.8, 4) is 67.0 Å². The molecule has 3 heterocycles. The van der Waals surface area contributed by atoms with Crippen LogP contribution in [0, 0.1) is 26.0 Å². The fraction of sp³-hybridized carbons (Fsp3) is 0.0392. The van der Waals surface area contributed by atoms with Gasteiger partial charge < -0.3 is 9.97 Å². The van der Waals surface area contributed by atoms with Crippen molar-refractivity contribution in [1.29, 1.82) is 0 Å². The fourth-order valence-electron chi connectivity index (χ4n) is 6.86. The smallest absolute Gasteiger partial charge is 0.0792 e. The van der Waals surface area contributed by atoms with E-state index in [0.29, 0.717) is 0 Å². The second kappa shape index (κ2) is 17.2. The Bertz CT molecular complexity index is 2660. The van der Waals surface area contributed by atoms with Crippen LogP contribution in [0.15, 0.2) is 188 Å². The van der Waals surface area contributed by atoms with Crippen LogP contribution >= 0.6 is 0 Å². The number of fused-ring (bicyclic) bond motifs is 1. The van der Waals surface area contributed by atoms with Crippen molar-refractivity contribution in [3.05, 3.63) is 212 Å². The van der Waals surface area contributed by atoms with E-state index in [-0.39, 0.29) is 20.1 Å². The zero-order valence-electron chi connectivity index (χ0n) is 30.6. The first kappa shape index (κ1) is 37.0. The first-order chi connectivity index (χ1) is 26.6. The molecule has 0 saturated heterocycles. The molecule has 55 heavy (non-hydrogen) atoms. The molecule has 0 aliphatic heterocycles. The van der Waals surface area contributed by atoms with Gasteiger partial charge in [-0.25, -0.2) is 0 Å². The summed E-state index contributed by atoms with van der Waals surface area (Å²) in [5, 5.41) is 1.14. The van der Waals surface area contributed by atoms with Gasteiger partial charge in [0, 0.05) is 49.6 Å². The van der Waals surface area contributed by atoms with Gasteiger partial charge in [0.05, 0.1) is 5.52 Å². The van der Waals surface area contributed by atoms with E-state index < -0.39 is 0 Å². The first-order valence-electron chi connectivity index (χ1n) is 18.1. The predicted octanol–water partition coefficient (Wildman–Crippen LogP) is 12.9. The van der Waals surface area contributed by atoms with E-state index >= 15 is 0 Å². The van der Waals surface area contributed by atoms with Crippen molar-refractivity contribution in [2.45, 2.75) is 13.8 Å². The molecule has 0 spiro atoms. The Morgan fingerprint density at radius 2 is 1.05 bits per heavy atom. The van der Waals surface area contributed by atoms with E-state index in [4.69, 9.17) is 4.98 Å². The van der Waals surface area contributed by atoms with Gasteiger partial charge in [0.1, 0.15) is 0 Å². The summed E-state index contributed by atoms with van der Waals surface area (Å²) in [5.41, 5.74) is 16.7. The van der Waals surface area contributed by atoms with Crippen LogP contribution in [0.2, 0.25) is 0 Å². The third kappa shape index (κ3) is 8.27. The van der Waals surface area contributed by atoms with Gasteiger partial charge in [0.2, 0.25) is 0 Å². The standard InChI is InChI=1S/C39H27N2.C12H10N.Ir/c1-27-18-19-31(26-36(27)29-13-6-3-7-14-29)35-21-20-33(30-15-10-16-32(25-30)37-17-8-9-23-40-37)38-34(22-24-41-39(35)38)28-11-4-2-5-12-28;1-10-7-8-13-12(9-10)11-5-3-2-4-6-11;/h2-15,17-26H,1H3;2-5,7-9H,1H3;/q2*-1;. The van der Waals surface area contributed by atoms with Gasteiger partial charge in [0.25, 0.3) is 0 Å². The summed E-state index contributed by atoms with van der Waals surface area (Å²) in [6, 6.07) is 65.2. The molecule has 0 unspecified atom stereocenters. The summed E-state index contributed by atoms with van der Waals surface area (Å²) in [5.74, 6) is 0. The van der Waals surface area contributed by atoms with Crippen LogP contribution in [-0.2, 0) is 20.1 Å². The molecule has 0 bridgehead atoms. The van der Waals surface area contributed by atoms with Crippen molar-refractivity contribution in [2.24, 2.45) is 0 Å². The SMILES string of the molecule is Cc1ccc(-c2ccc(-c3cc[c-]c(-c4ccccn4)c3)c3c(-c4ccccc4)ccnc23)cc1-c1ccccc1.Cc1ccnc(-c2[c-]cccc2)c1.[Ir]. The van der Waals surface area contributed by atoms with Crippen molar-refractivity contribution in [1.82, 2.24) is 15.0 Å². The molecule has 6 aromatic carbocycles. The number of aromatic nitrogens is 3. The van der Waals surface area contributed by atoms with Crippen molar-refractivity contribution < 1.29 is 20.1 Å². The van der Waals surface area contributed by atoms with Crippen LogP contribution in [0.5, 0.6) is 0 Å². The fourth-order valence-corrected chi connectivity index (χ4v) is 6.86. The molecule has 3 nitrogen and oxygen atoms in total. The number of benzene rings is 6. The monoisotopic (exact) mass is 884 g/mol. The van der Waals surface area contributed by atoms with Crippen molar-refractivity contribution >= 4 is 10.9 Å². The average molecular weight is 884 g/mol. The maximum Gasteiger partial charge on any atom is 0.0792 e. The molecule has 0 aliphatic rings. The second-order valence-electron chi connectivity index (χ2n) is 13.2. The van der Waals surface area contributed by atoms with Gasteiger partial charge in [0.15, 0.2) is 0 Å². The first-order valence-corrected chi connectivity index (χ1v) is 18.1. The quantitative estimate of drug-likeness (QED) is 0.156. The minimum atomic E-state index is 0. The Morgan fingerprint density at radius 1 is 0.400 bits per heavy atom. The van der Waals surface area contributed by atoms with Gasteiger partial charge in [-0.2, -0.15) is 0 Å². The zero-order chi connectivity index (χ0) is 36.7. The third-order valence-electron chi connectivity index (χ3n) is 9.56. The van der Waals surface area contributed by atoms with E-state index in [9.17, 15) is 0 Å². The van der Waals surface area contributed by atoms with Gasteiger partial charge >= 0.3 is 0 Å². The molecule has 4 heteroatoms. The molecule has 0 atom stereocenters. The summed E-state index contributed by atoms with van der Waals surface area (Å²) in [4.78, 5) is 13.9. The topological polar surface area (TPSA) is 38.7 Å². The molecule has 0 N–H and O–H groups in total. The molecule has 0 aliphatic carbocycles. The van der Waals surface area contributed by atoms with Gasteiger partial charge in [-0.3, -0.25) is 4.98 Å². The molecule has 267 valence electrons. The van der Waals surface area contributed by atoms with Gasteiger partial charge in [-0.15, -0.1) is 71.3 Å². The number of pyridine rings is 3. The Balaban J connectivity index is 0.000000281. The summed E-state index contributed by atoms with van der Waals surface area (Å²) in [7, 11) is 0. The van der Waals surface area contributed by atoms with E-state index in [1.807, 2.05) is 73.2 Å². The largest absolute Gasteiger partial charge is 0.305 e. The van der Waals surface area contributed by atoms with E-state index in [1.165, 1.54) is 27.8 Å². The van der Waals surface area contributed by atoms with E-state index in [2.05, 4.69) is 151 Å². The number of hydrogen-bond donors (Lipinski definition) is 0. The minimum Gasteiger partial charge on any atom is -0.305 e. The number of hydrogen-bond acceptors (Lipinski definition) is 3. The van der Waals surface area contributed by atoms with Crippen LogP contribution < -0.4 is 0 Å². The molecule has 9 rings (SSSR count). The molecule has 0 amide bonds. The number of aryl methyl sites for hydroxylation is 2. The van der Waals surface area contributed by atoms with Crippen LogP contribution in [0.4, 0.5) is 0 Å². The number of nitrogens with zero attached hydrogens (tertiary/aromatic N) is 3. The molecule has 3 aromatic heterocycles. The van der Waals surface area contributed by atoms with Gasteiger partial charge in [-0.05, 0) is 88.4 Å². The molecule has 0 saturated carbocycles. The molecular formula is C51H37IrN3-2. The maximum absolute atomic E-state index is 5.02. The summed E-state index contributed by atoms with van der Waals surface area (Å²) in [6.07, 6.45) is 5.58. The van der Waals surface area contributed by atoms with Crippen molar-refractivity contribution in [3.63, 3.8) is 0 Å². The van der Waals surface area contributed by atoms with Crippen LogP contribution in [0.3, 0.4) is 0 Å². The molecule has 9 aromatic rings. The average Bonchev–Trinajstić information content (AvgIpc) is 3.25. The Labute approximate surface area is 336 Å². The van der Waals surface area contributed by atoms with E-state index in [0.717, 1.165) is 61.2 Å². The molecule has 1 radical (unpaired) electrons. The van der Waals surface area contributed by atoms with E-state index in [1.54, 1.807) is 0 Å². The van der Waals surface area contributed by atoms with Crippen LogP contribution in [0.25, 0.3) is 77.9 Å². The van der Waals surface area contributed by atoms with Crippen LogP contribution in [0.1, 0.15) is 11.1 Å². The molecular weight excluding hydrogens is 847 g/mol. The summed E-state index contributed by atoms with van der Waals surface area (Å²) in [6.45, 7) is 4.23. The second-order valence-corrected chi connectivity index (χ2v) is 13.2. The Hall–Kier alpha value is -6.32. The maximum atomic E-state index is 5.02. The minimum absolute atomic E-state index is 0. The van der Waals surface area contributed by atoms with Crippen LogP contribution in [-0.4, -0.2) is 15.0 Å². The zero-order valence-corrected chi connectivity index (χ0v) is 33.0. The van der Waals surface area contributed by atoms with Crippen molar-refractivity contribution in [2.75, 3.05) is 0 Å². The normalized spacial score (nSPS) is 10.6. The summed E-state index contributed by atoms with van der Waals surface area (Å²) >= 11 is 0. The Morgan fingerprint density at radius 3 is 1.78 bits per heavy atom. The summed E-state index contributed by atoms with van der Waals surface area (Å²) < 4.78 is 0. The predicted molar refractivity (Wildman–Crippen MR) is 224 cm³/mol. The van der Waals surface area contributed by atoms with Gasteiger partial charge in [-0.1, -0.05) is 109 Å². The number of rotatable bonds is 6. The third-order valence-corrected chi connectivity index (χ3v) is 9.56. The molecule has 0 fully saturated rings. The Kier molecular flexibility index (Phi) is 11.6.